The number of hydrogen-bond donors (Lipinski definition) is 1. The Morgan fingerprint density at radius 2 is 2.36 bits per heavy atom. The number of piperidine rings is 1. The zero-order valence-electron chi connectivity index (χ0n) is 16.4. The zero-order chi connectivity index (χ0) is 19.6. The number of carbonyl (C=O) groups excluding carboxylic acids is 1. The van der Waals surface area contributed by atoms with E-state index in [4.69, 9.17) is 14.2 Å². The van der Waals surface area contributed by atoms with E-state index in [2.05, 4.69) is 15.2 Å². The first-order valence-electron chi connectivity index (χ1n) is 9.84. The van der Waals surface area contributed by atoms with Crippen molar-refractivity contribution in [3.8, 4) is 5.75 Å². The van der Waals surface area contributed by atoms with Gasteiger partial charge in [0.05, 0.1) is 35.1 Å². The summed E-state index contributed by atoms with van der Waals surface area (Å²) in [6, 6.07) is 5.78. The van der Waals surface area contributed by atoms with Gasteiger partial charge in [-0.05, 0) is 44.4 Å². The summed E-state index contributed by atoms with van der Waals surface area (Å²) < 4.78 is 18.3. The maximum atomic E-state index is 12.6. The normalized spacial score (nSPS) is 25.4. The molecule has 152 valence electrons. The second kappa shape index (κ2) is 8.32. The molecule has 1 amide bonds. The lowest BCUT2D eigenvalue weighted by atomic mass is 9.86. The molecule has 2 aliphatic heterocycles. The van der Waals surface area contributed by atoms with Gasteiger partial charge in [-0.25, -0.2) is 4.98 Å². The number of hydrogen-bond acceptors (Lipinski definition) is 7. The molecule has 0 aliphatic carbocycles. The highest BCUT2D eigenvalue weighted by Gasteiger charge is 2.46. The number of carbonyl (C=O) groups is 1. The third-order valence-electron chi connectivity index (χ3n) is 5.56. The number of rotatable bonds is 6. The van der Waals surface area contributed by atoms with E-state index in [1.807, 2.05) is 25.1 Å². The van der Waals surface area contributed by atoms with Gasteiger partial charge in [0.15, 0.2) is 5.13 Å². The molecule has 0 bridgehead atoms. The molecule has 2 aromatic rings. The van der Waals surface area contributed by atoms with Crippen LogP contribution in [-0.4, -0.2) is 67.5 Å². The molecule has 1 aromatic carbocycles. The first kappa shape index (κ1) is 19.6. The number of amides is 1. The summed E-state index contributed by atoms with van der Waals surface area (Å²) in [4.78, 5) is 19.2. The Labute approximate surface area is 169 Å². The lowest BCUT2D eigenvalue weighted by molar-refractivity contribution is -0.145. The SMILES string of the molecule is CCOc1ccc2nc(NC(=O)CN3CC[C@@]4(CCCO4)[C@@H](OC)C3)sc2c1. The van der Waals surface area contributed by atoms with Gasteiger partial charge in [0.2, 0.25) is 5.91 Å². The molecule has 8 heteroatoms. The summed E-state index contributed by atoms with van der Waals surface area (Å²) >= 11 is 1.46. The van der Waals surface area contributed by atoms with E-state index in [1.165, 1.54) is 11.3 Å². The van der Waals surface area contributed by atoms with E-state index in [-0.39, 0.29) is 17.6 Å². The van der Waals surface area contributed by atoms with Crippen molar-refractivity contribution in [3.63, 3.8) is 0 Å². The largest absolute Gasteiger partial charge is 0.494 e. The standard InChI is InChI=1S/C20H27N3O4S/c1-3-26-14-5-6-15-16(11-14)28-19(21-15)22-18(24)13-23-9-8-20(7-4-10-27-20)17(12-23)25-2/h5-6,11,17H,3-4,7-10,12-13H2,1-2H3,(H,21,22,24)/t17-,20-/m0/s1. The number of nitrogens with zero attached hydrogens (tertiary/aromatic N) is 2. The van der Waals surface area contributed by atoms with Crippen LogP contribution in [0.4, 0.5) is 5.13 Å². The van der Waals surface area contributed by atoms with Gasteiger partial charge in [0.25, 0.3) is 0 Å². The Balaban J connectivity index is 1.36. The molecule has 0 unspecified atom stereocenters. The third kappa shape index (κ3) is 4.00. The topological polar surface area (TPSA) is 72.9 Å². The molecule has 1 spiro atoms. The molecule has 3 heterocycles. The average molecular weight is 406 g/mol. The zero-order valence-corrected chi connectivity index (χ0v) is 17.2. The fraction of sp³-hybridized carbons (Fsp3) is 0.600. The fourth-order valence-electron chi connectivity index (χ4n) is 4.18. The van der Waals surface area contributed by atoms with E-state index in [9.17, 15) is 4.79 Å². The molecule has 1 N–H and O–H groups in total. The van der Waals surface area contributed by atoms with Crippen molar-refractivity contribution in [1.82, 2.24) is 9.88 Å². The van der Waals surface area contributed by atoms with Crippen LogP contribution in [0, 0.1) is 0 Å². The number of thiazole rings is 1. The van der Waals surface area contributed by atoms with Crippen molar-refractivity contribution in [1.29, 1.82) is 0 Å². The number of nitrogens with one attached hydrogen (secondary N) is 1. The molecule has 2 saturated heterocycles. The van der Waals surface area contributed by atoms with E-state index in [0.29, 0.717) is 24.8 Å². The predicted molar refractivity (Wildman–Crippen MR) is 109 cm³/mol. The van der Waals surface area contributed by atoms with Gasteiger partial charge in [0, 0.05) is 26.8 Å². The van der Waals surface area contributed by atoms with Crippen molar-refractivity contribution in [2.75, 3.05) is 45.3 Å². The summed E-state index contributed by atoms with van der Waals surface area (Å²) in [6.45, 7) is 5.27. The van der Waals surface area contributed by atoms with Crippen molar-refractivity contribution in [3.05, 3.63) is 18.2 Å². The minimum absolute atomic E-state index is 0.0102. The van der Waals surface area contributed by atoms with Crippen molar-refractivity contribution >= 4 is 32.6 Å². The van der Waals surface area contributed by atoms with E-state index in [0.717, 1.165) is 48.4 Å². The molecule has 28 heavy (non-hydrogen) atoms. The van der Waals surface area contributed by atoms with E-state index >= 15 is 0 Å². The Kier molecular flexibility index (Phi) is 5.82. The number of ether oxygens (including phenoxy) is 3. The van der Waals surface area contributed by atoms with Crippen LogP contribution in [0.15, 0.2) is 18.2 Å². The number of anilines is 1. The van der Waals surface area contributed by atoms with Gasteiger partial charge in [-0.1, -0.05) is 11.3 Å². The van der Waals surface area contributed by atoms with Crippen molar-refractivity contribution in [2.45, 2.75) is 37.9 Å². The molecule has 7 nitrogen and oxygen atoms in total. The lowest BCUT2D eigenvalue weighted by Crippen LogP contribution is -2.57. The van der Waals surface area contributed by atoms with Gasteiger partial charge >= 0.3 is 0 Å². The van der Waals surface area contributed by atoms with E-state index in [1.54, 1.807) is 7.11 Å². The number of aromatic nitrogens is 1. The number of methoxy groups -OCH3 is 1. The van der Waals surface area contributed by atoms with Crippen LogP contribution < -0.4 is 10.1 Å². The highest BCUT2D eigenvalue weighted by molar-refractivity contribution is 7.22. The smallest absolute Gasteiger partial charge is 0.240 e. The number of likely N-dealkylation sites (tertiary alicyclic amines) is 1. The second-order valence-corrected chi connectivity index (χ2v) is 8.39. The molecular formula is C20H27N3O4S. The average Bonchev–Trinajstić information content (AvgIpc) is 3.30. The van der Waals surface area contributed by atoms with Gasteiger partial charge in [-0.15, -0.1) is 0 Å². The molecule has 2 aliphatic rings. The molecule has 4 rings (SSSR count). The van der Waals surface area contributed by atoms with Crippen LogP contribution in [0.1, 0.15) is 26.2 Å². The van der Waals surface area contributed by atoms with Crippen LogP contribution in [-0.2, 0) is 14.3 Å². The minimum atomic E-state index is -0.160. The van der Waals surface area contributed by atoms with Crippen LogP contribution in [0.2, 0.25) is 0 Å². The van der Waals surface area contributed by atoms with Gasteiger partial charge in [-0.3, -0.25) is 9.69 Å². The Morgan fingerprint density at radius 1 is 1.46 bits per heavy atom. The fourth-order valence-corrected chi connectivity index (χ4v) is 5.09. The third-order valence-corrected chi connectivity index (χ3v) is 6.50. The van der Waals surface area contributed by atoms with Gasteiger partial charge < -0.3 is 19.5 Å². The van der Waals surface area contributed by atoms with Crippen LogP contribution in [0.3, 0.4) is 0 Å². The Hall–Kier alpha value is -1.74. The van der Waals surface area contributed by atoms with Crippen LogP contribution in [0.25, 0.3) is 10.2 Å². The number of fused-ring (bicyclic) bond motifs is 1. The first-order valence-corrected chi connectivity index (χ1v) is 10.7. The van der Waals surface area contributed by atoms with Crippen LogP contribution in [0.5, 0.6) is 5.75 Å². The Morgan fingerprint density at radius 3 is 3.11 bits per heavy atom. The number of benzene rings is 1. The molecule has 2 fully saturated rings. The summed E-state index contributed by atoms with van der Waals surface area (Å²) in [7, 11) is 1.73. The minimum Gasteiger partial charge on any atom is -0.494 e. The van der Waals surface area contributed by atoms with E-state index < -0.39 is 0 Å². The molecular weight excluding hydrogens is 378 g/mol. The van der Waals surface area contributed by atoms with Crippen molar-refractivity contribution < 1.29 is 19.0 Å². The predicted octanol–water partition coefficient (Wildman–Crippen LogP) is 2.90. The van der Waals surface area contributed by atoms with Gasteiger partial charge in [-0.2, -0.15) is 0 Å². The maximum Gasteiger partial charge on any atom is 0.240 e. The molecule has 2 atom stereocenters. The maximum absolute atomic E-state index is 12.6. The lowest BCUT2D eigenvalue weighted by Gasteiger charge is -2.44. The highest BCUT2D eigenvalue weighted by Crippen LogP contribution is 2.37. The summed E-state index contributed by atoms with van der Waals surface area (Å²) in [5.41, 5.74) is 0.703. The summed E-state index contributed by atoms with van der Waals surface area (Å²) in [6.07, 6.45) is 3.04. The molecule has 0 saturated carbocycles. The highest BCUT2D eigenvalue weighted by atomic mass is 32.1. The van der Waals surface area contributed by atoms with Crippen molar-refractivity contribution in [2.24, 2.45) is 0 Å². The van der Waals surface area contributed by atoms with Gasteiger partial charge in [0.1, 0.15) is 5.75 Å². The molecule has 1 aromatic heterocycles. The Bertz CT molecular complexity index is 834. The summed E-state index contributed by atoms with van der Waals surface area (Å²) in [5.74, 6) is 0.765. The second-order valence-electron chi connectivity index (χ2n) is 7.36. The monoisotopic (exact) mass is 405 g/mol. The first-order chi connectivity index (χ1) is 13.6. The van der Waals surface area contributed by atoms with Crippen LogP contribution >= 0.6 is 11.3 Å². The quantitative estimate of drug-likeness (QED) is 0.797. The summed E-state index contributed by atoms with van der Waals surface area (Å²) in [5, 5.41) is 3.55. The molecule has 0 radical (unpaired) electrons.